The quantitative estimate of drug-likeness (QED) is 0.495. The lowest BCUT2D eigenvalue weighted by molar-refractivity contribution is -0.648. The van der Waals surface area contributed by atoms with E-state index in [-0.39, 0.29) is 6.61 Å². The van der Waals surface area contributed by atoms with E-state index < -0.39 is 0 Å². The van der Waals surface area contributed by atoms with Gasteiger partial charge in [0.05, 0.1) is 13.1 Å². The third-order valence-electron chi connectivity index (χ3n) is 0.577. The normalized spacial score (nSPS) is 7.50. The van der Waals surface area contributed by atoms with Crippen LogP contribution in [0.5, 0.6) is 0 Å². The summed E-state index contributed by atoms with van der Waals surface area (Å²) in [6.45, 7) is 8.32. The van der Waals surface area contributed by atoms with Gasteiger partial charge >= 0.3 is 0 Å². The first-order chi connectivity index (χ1) is 3.83. The van der Waals surface area contributed by atoms with E-state index in [1.54, 1.807) is 6.92 Å². The Morgan fingerprint density at radius 3 is 1.38 bits per heavy atom. The molecule has 2 heteroatoms. The first-order valence-electron chi connectivity index (χ1n) is 3.23. The zero-order chi connectivity index (χ0) is 6.83. The fourth-order valence-corrected chi connectivity index (χ4v) is 0.289. The van der Waals surface area contributed by atoms with Crippen LogP contribution in [0.2, 0.25) is 0 Å². The molecule has 0 saturated carbocycles. The van der Waals surface area contributed by atoms with Gasteiger partial charge in [-0.25, -0.2) is 0 Å². The van der Waals surface area contributed by atoms with Crippen molar-refractivity contribution >= 4 is 0 Å². The summed E-state index contributed by atoms with van der Waals surface area (Å²) in [7, 11) is 0. The van der Waals surface area contributed by atoms with Gasteiger partial charge in [-0.3, -0.25) is 0 Å². The van der Waals surface area contributed by atoms with E-state index in [0.29, 0.717) is 0 Å². The zero-order valence-corrected chi connectivity index (χ0v) is 6.11. The van der Waals surface area contributed by atoms with Crippen molar-refractivity contribution in [2.24, 2.45) is 0 Å². The number of nitrogens with two attached hydrogens (primary N) is 1. The second kappa shape index (κ2) is 15.8. The second-order valence-electron chi connectivity index (χ2n) is 1.39. The molecule has 52 valence electrons. The molecule has 2 nitrogen and oxygen atoms in total. The van der Waals surface area contributed by atoms with Crippen molar-refractivity contribution in [1.82, 2.24) is 0 Å². The van der Waals surface area contributed by atoms with Crippen molar-refractivity contribution in [2.75, 3.05) is 19.7 Å². The minimum absolute atomic E-state index is 0. The molecule has 0 rings (SSSR count). The summed E-state index contributed by atoms with van der Waals surface area (Å²) in [6, 6.07) is 0. The lowest BCUT2D eigenvalue weighted by atomic mass is 10.7. The average molecular weight is 119 g/mol. The van der Waals surface area contributed by atoms with E-state index in [4.69, 9.17) is 5.11 Å². The third kappa shape index (κ3) is 38.9. The van der Waals surface area contributed by atoms with Crippen LogP contribution in [0.15, 0.2) is 0 Å². The highest BCUT2D eigenvalue weighted by molar-refractivity contribution is 3.95. The molecule has 0 spiro atoms. The van der Waals surface area contributed by atoms with E-state index in [1.165, 1.54) is 13.1 Å². The topological polar surface area (TPSA) is 39.7 Å². The molecule has 0 bridgehead atoms. The highest BCUT2D eigenvalue weighted by Gasteiger charge is 1.67. The predicted octanol–water partition coefficient (Wildman–Crippen LogP) is -1.04. The monoisotopic (exact) mass is 119 g/mol. The van der Waals surface area contributed by atoms with Crippen LogP contribution in [-0.4, -0.2) is 19.7 Å². The molecule has 0 radical (unpaired) electrons. The smallest absolute Gasteiger partial charge is 0.0726 e. The highest BCUT2D eigenvalue weighted by Crippen LogP contribution is 1.29. The number of rotatable bonds is 2. The second-order valence-corrected chi connectivity index (χ2v) is 1.39. The van der Waals surface area contributed by atoms with Gasteiger partial charge in [-0.1, -0.05) is 6.92 Å². The summed E-state index contributed by atoms with van der Waals surface area (Å²) >= 11 is 0. The summed E-state index contributed by atoms with van der Waals surface area (Å²) in [5, 5.41) is 11.2. The molecule has 0 atom stereocenters. The van der Waals surface area contributed by atoms with E-state index in [2.05, 4.69) is 19.2 Å². The fraction of sp³-hybridized carbons (Fsp3) is 1.00. The van der Waals surface area contributed by atoms with Crippen LogP contribution in [-0.2, 0) is 0 Å². The van der Waals surface area contributed by atoms with Crippen LogP contribution in [0.25, 0.3) is 0 Å². The van der Waals surface area contributed by atoms with Crippen molar-refractivity contribution in [3.8, 4) is 0 Å². The Morgan fingerprint density at radius 2 is 1.38 bits per heavy atom. The summed E-state index contributed by atoms with van der Waals surface area (Å²) in [5.41, 5.74) is 0. The molecule has 0 amide bonds. The van der Waals surface area contributed by atoms with Gasteiger partial charge in [-0.2, -0.15) is 0 Å². The van der Waals surface area contributed by atoms with Crippen LogP contribution >= 0.6 is 0 Å². The van der Waals surface area contributed by atoms with Crippen LogP contribution < -0.4 is 10.4 Å². The molecule has 0 aliphatic carbocycles. The van der Waals surface area contributed by atoms with Gasteiger partial charge in [0.1, 0.15) is 0 Å². The molecule has 0 saturated heterocycles. The summed E-state index contributed by atoms with van der Waals surface area (Å²) in [4.78, 5) is 0. The maximum Gasteiger partial charge on any atom is 0.0726 e. The standard InChI is InChI=1S/C4H11N.C2H5O/c1-3-5-4-2;1-2-3/h5H,3-4H2,1-2H3;2H2,1H3/q;-1/p+1. The largest absolute Gasteiger partial charge is 0.855 e. The minimum atomic E-state index is 0. The Balaban J connectivity index is 0. The van der Waals surface area contributed by atoms with Gasteiger partial charge in [-0.15, -0.1) is 6.61 Å². The minimum Gasteiger partial charge on any atom is -0.855 e. The van der Waals surface area contributed by atoms with Crippen molar-refractivity contribution < 1.29 is 10.4 Å². The van der Waals surface area contributed by atoms with Crippen molar-refractivity contribution in [3.05, 3.63) is 0 Å². The maximum atomic E-state index is 8.93. The summed E-state index contributed by atoms with van der Waals surface area (Å²) < 4.78 is 0. The first kappa shape index (κ1) is 10.8. The molecule has 0 fully saturated rings. The number of hydrogen-bond acceptors (Lipinski definition) is 1. The zero-order valence-electron chi connectivity index (χ0n) is 6.11. The van der Waals surface area contributed by atoms with Crippen LogP contribution in [0, 0.1) is 0 Å². The SMILES string of the molecule is CC[NH2+]CC.CC[O-]. The van der Waals surface area contributed by atoms with Crippen LogP contribution in [0.3, 0.4) is 0 Å². The predicted molar refractivity (Wildman–Crippen MR) is 33.5 cm³/mol. The lowest BCUT2D eigenvalue weighted by Gasteiger charge is -1.83. The van der Waals surface area contributed by atoms with Gasteiger partial charge < -0.3 is 10.4 Å². The molecule has 0 aliphatic heterocycles. The highest BCUT2D eigenvalue weighted by atomic mass is 16.2. The Kier molecular flexibility index (Phi) is 21.3. The fourth-order valence-electron chi connectivity index (χ4n) is 0.289. The number of quaternary nitrogens is 1. The first-order valence-corrected chi connectivity index (χ1v) is 3.23. The Labute approximate surface area is 51.9 Å². The molecule has 0 aromatic rings. The van der Waals surface area contributed by atoms with Crippen molar-refractivity contribution in [1.29, 1.82) is 0 Å². The van der Waals surface area contributed by atoms with E-state index >= 15 is 0 Å². The molecular weight excluding hydrogens is 102 g/mol. The van der Waals surface area contributed by atoms with Crippen LogP contribution in [0.1, 0.15) is 20.8 Å². The molecular formula is C6H17NO. The average Bonchev–Trinajstić information content (AvgIpc) is 1.71. The van der Waals surface area contributed by atoms with Gasteiger partial charge in [0.2, 0.25) is 0 Å². The van der Waals surface area contributed by atoms with E-state index in [9.17, 15) is 0 Å². The Bertz CT molecular complexity index is 22.5. The van der Waals surface area contributed by atoms with Crippen molar-refractivity contribution in [2.45, 2.75) is 20.8 Å². The summed E-state index contributed by atoms with van der Waals surface area (Å²) in [6.07, 6.45) is 0. The van der Waals surface area contributed by atoms with Gasteiger partial charge in [0.15, 0.2) is 0 Å². The van der Waals surface area contributed by atoms with Gasteiger partial charge in [-0.05, 0) is 13.8 Å². The Hall–Kier alpha value is -0.0800. The molecule has 0 heterocycles. The lowest BCUT2D eigenvalue weighted by Crippen LogP contribution is -2.82. The molecule has 0 aromatic carbocycles. The molecule has 0 aliphatic rings. The van der Waals surface area contributed by atoms with Gasteiger partial charge in [0.25, 0.3) is 0 Å². The third-order valence-corrected chi connectivity index (χ3v) is 0.577. The molecule has 2 N–H and O–H groups in total. The number of hydrogen-bond donors (Lipinski definition) is 1. The van der Waals surface area contributed by atoms with Gasteiger partial charge in [0, 0.05) is 0 Å². The van der Waals surface area contributed by atoms with Crippen molar-refractivity contribution in [3.63, 3.8) is 0 Å². The molecule has 0 aromatic heterocycles. The maximum absolute atomic E-state index is 8.93. The molecule has 0 unspecified atom stereocenters. The van der Waals surface area contributed by atoms with Crippen LogP contribution in [0.4, 0.5) is 0 Å². The van der Waals surface area contributed by atoms with E-state index in [0.717, 1.165) is 0 Å². The van der Waals surface area contributed by atoms with E-state index in [1.807, 2.05) is 0 Å². The Morgan fingerprint density at radius 1 is 1.12 bits per heavy atom. The molecule has 8 heavy (non-hydrogen) atoms. The summed E-state index contributed by atoms with van der Waals surface area (Å²) in [5.74, 6) is 0.